The molecule has 198 valence electrons. The maximum atomic E-state index is 6.64. The van der Waals surface area contributed by atoms with Gasteiger partial charge in [0.1, 0.15) is 0 Å². The molecule has 2 heterocycles. The maximum absolute atomic E-state index is 6.64. The number of likely N-dealkylation sites (N-methyl/N-ethyl adjacent to an activating group) is 1. The van der Waals surface area contributed by atoms with Crippen LogP contribution in [0.15, 0.2) is 18.2 Å². The van der Waals surface area contributed by atoms with E-state index in [0.717, 1.165) is 50.4 Å². The van der Waals surface area contributed by atoms with Crippen LogP contribution < -0.4 is 20.9 Å². The first-order valence-electron chi connectivity index (χ1n) is 13.9. The SMILES string of the molecule is CCN(CC)c1ccc(Nc2nc(NCC3CCCN3CC)nc(NC3CCCCCC3)n2)cc1Cl. The predicted octanol–water partition coefficient (Wildman–Crippen LogP) is 6.15. The molecule has 1 saturated carbocycles. The van der Waals surface area contributed by atoms with E-state index in [1.165, 1.54) is 45.1 Å². The molecule has 2 aromatic rings. The molecule has 1 saturated heterocycles. The van der Waals surface area contributed by atoms with E-state index in [9.17, 15) is 0 Å². The number of hydrogen-bond acceptors (Lipinski definition) is 8. The number of nitrogens with one attached hydrogen (secondary N) is 3. The van der Waals surface area contributed by atoms with Crippen molar-refractivity contribution in [1.29, 1.82) is 0 Å². The van der Waals surface area contributed by atoms with E-state index in [0.29, 0.717) is 35.0 Å². The lowest BCUT2D eigenvalue weighted by Gasteiger charge is -2.23. The summed E-state index contributed by atoms with van der Waals surface area (Å²) in [5.74, 6) is 1.76. The fraction of sp³-hybridized carbons (Fsp3) is 0.667. The van der Waals surface area contributed by atoms with Gasteiger partial charge in [-0.2, -0.15) is 15.0 Å². The van der Waals surface area contributed by atoms with Gasteiger partial charge in [-0.25, -0.2) is 0 Å². The zero-order chi connectivity index (χ0) is 25.3. The normalized spacial score (nSPS) is 19.2. The van der Waals surface area contributed by atoms with Gasteiger partial charge in [0.25, 0.3) is 0 Å². The van der Waals surface area contributed by atoms with Crippen LogP contribution in [0.2, 0.25) is 5.02 Å². The maximum Gasteiger partial charge on any atom is 0.233 e. The van der Waals surface area contributed by atoms with Crippen molar-refractivity contribution in [3.63, 3.8) is 0 Å². The number of nitrogens with zero attached hydrogens (tertiary/aromatic N) is 5. The molecule has 1 aromatic carbocycles. The summed E-state index contributed by atoms with van der Waals surface area (Å²) in [4.78, 5) is 19.0. The number of halogens is 1. The van der Waals surface area contributed by atoms with Crippen molar-refractivity contribution in [1.82, 2.24) is 19.9 Å². The first kappa shape index (κ1) is 26.7. The van der Waals surface area contributed by atoms with Crippen molar-refractivity contribution >= 4 is 40.8 Å². The molecule has 1 aromatic heterocycles. The van der Waals surface area contributed by atoms with Crippen LogP contribution in [0.4, 0.5) is 29.2 Å². The lowest BCUT2D eigenvalue weighted by Crippen LogP contribution is -2.35. The largest absolute Gasteiger partial charge is 0.371 e. The van der Waals surface area contributed by atoms with Crippen LogP contribution in [-0.2, 0) is 0 Å². The molecule has 0 spiro atoms. The molecule has 0 bridgehead atoms. The van der Waals surface area contributed by atoms with E-state index in [-0.39, 0.29) is 0 Å². The van der Waals surface area contributed by atoms with Crippen LogP contribution in [0.5, 0.6) is 0 Å². The number of benzene rings is 1. The first-order valence-corrected chi connectivity index (χ1v) is 14.3. The van der Waals surface area contributed by atoms with E-state index in [1.807, 2.05) is 12.1 Å². The molecule has 1 aliphatic carbocycles. The van der Waals surface area contributed by atoms with Gasteiger partial charge in [0.2, 0.25) is 17.8 Å². The Morgan fingerprint density at radius 2 is 1.64 bits per heavy atom. The highest BCUT2D eigenvalue weighted by Crippen LogP contribution is 2.30. The number of rotatable bonds is 11. The Bertz CT molecular complexity index is 959. The fourth-order valence-corrected chi connectivity index (χ4v) is 5.77. The molecular weight excluding hydrogens is 472 g/mol. The van der Waals surface area contributed by atoms with Crippen molar-refractivity contribution in [2.45, 2.75) is 84.2 Å². The van der Waals surface area contributed by atoms with E-state index in [2.05, 4.69) is 52.6 Å². The predicted molar refractivity (Wildman–Crippen MR) is 152 cm³/mol. The van der Waals surface area contributed by atoms with Crippen molar-refractivity contribution in [3.8, 4) is 0 Å². The summed E-state index contributed by atoms with van der Waals surface area (Å²) >= 11 is 6.64. The summed E-state index contributed by atoms with van der Waals surface area (Å²) in [5.41, 5.74) is 1.90. The summed E-state index contributed by atoms with van der Waals surface area (Å²) in [7, 11) is 0. The van der Waals surface area contributed by atoms with E-state index >= 15 is 0 Å². The number of hydrogen-bond donors (Lipinski definition) is 3. The summed E-state index contributed by atoms with van der Waals surface area (Å²) in [6.07, 6.45) is 9.92. The molecule has 2 fully saturated rings. The molecule has 0 amide bonds. The molecule has 1 aliphatic heterocycles. The molecule has 0 radical (unpaired) electrons. The lowest BCUT2D eigenvalue weighted by molar-refractivity contribution is 0.277. The summed E-state index contributed by atoms with van der Waals surface area (Å²) in [5, 5.41) is 11.2. The van der Waals surface area contributed by atoms with Crippen LogP contribution in [-0.4, -0.2) is 64.7 Å². The van der Waals surface area contributed by atoms with Crippen LogP contribution >= 0.6 is 11.6 Å². The van der Waals surface area contributed by atoms with Crippen molar-refractivity contribution in [2.24, 2.45) is 0 Å². The second-order valence-corrected chi connectivity index (χ2v) is 10.3. The van der Waals surface area contributed by atoms with Gasteiger partial charge in [0, 0.05) is 37.4 Å². The smallest absolute Gasteiger partial charge is 0.233 e. The number of aromatic nitrogens is 3. The van der Waals surface area contributed by atoms with Gasteiger partial charge in [0.05, 0.1) is 10.7 Å². The van der Waals surface area contributed by atoms with Gasteiger partial charge in [-0.15, -0.1) is 0 Å². The molecule has 1 unspecified atom stereocenters. The monoisotopic (exact) mass is 514 g/mol. The Morgan fingerprint density at radius 1 is 0.917 bits per heavy atom. The summed E-state index contributed by atoms with van der Waals surface area (Å²) in [6.45, 7) is 11.4. The van der Waals surface area contributed by atoms with Gasteiger partial charge in [0.15, 0.2) is 0 Å². The Kier molecular flexibility index (Phi) is 9.87. The number of likely N-dealkylation sites (tertiary alicyclic amines) is 1. The van der Waals surface area contributed by atoms with Crippen LogP contribution in [0, 0.1) is 0 Å². The third-order valence-corrected chi connectivity index (χ3v) is 7.84. The minimum absolute atomic E-state index is 0.406. The molecule has 2 aliphatic rings. The Balaban J connectivity index is 1.52. The second kappa shape index (κ2) is 13.3. The van der Waals surface area contributed by atoms with Crippen LogP contribution in [0.3, 0.4) is 0 Å². The highest BCUT2D eigenvalue weighted by molar-refractivity contribution is 6.33. The van der Waals surface area contributed by atoms with Crippen molar-refractivity contribution < 1.29 is 0 Å². The minimum Gasteiger partial charge on any atom is -0.371 e. The van der Waals surface area contributed by atoms with Crippen LogP contribution in [0.1, 0.15) is 72.1 Å². The average molecular weight is 515 g/mol. The lowest BCUT2D eigenvalue weighted by atomic mass is 10.1. The van der Waals surface area contributed by atoms with Crippen molar-refractivity contribution in [2.75, 3.05) is 53.6 Å². The van der Waals surface area contributed by atoms with E-state index in [1.54, 1.807) is 0 Å². The van der Waals surface area contributed by atoms with Gasteiger partial charge >= 0.3 is 0 Å². The highest BCUT2D eigenvalue weighted by Gasteiger charge is 2.23. The Morgan fingerprint density at radius 3 is 2.33 bits per heavy atom. The Labute approximate surface area is 221 Å². The number of anilines is 5. The zero-order valence-corrected chi connectivity index (χ0v) is 22.9. The highest BCUT2D eigenvalue weighted by atomic mass is 35.5. The molecule has 36 heavy (non-hydrogen) atoms. The molecule has 3 N–H and O–H groups in total. The third kappa shape index (κ3) is 7.13. The molecular formula is C27H43ClN8. The first-order chi connectivity index (χ1) is 17.6. The molecule has 1 atom stereocenters. The third-order valence-electron chi connectivity index (χ3n) is 7.53. The molecule has 4 rings (SSSR count). The standard InChI is InChI=1S/C27H43ClN8/c1-4-35(5-2)24-16-15-21(18-23(24)28)31-27-33-25(29-19-22-14-11-17-36(22)6-3)32-26(34-27)30-20-12-9-7-8-10-13-20/h15-16,18,20,22H,4-14,17,19H2,1-3H3,(H3,29,30,31,32,33,34). The van der Waals surface area contributed by atoms with Gasteiger partial charge in [-0.1, -0.05) is 44.2 Å². The van der Waals surface area contributed by atoms with Crippen molar-refractivity contribution in [3.05, 3.63) is 23.2 Å². The van der Waals surface area contributed by atoms with Gasteiger partial charge in [-0.3, -0.25) is 4.90 Å². The molecule has 8 nitrogen and oxygen atoms in total. The fourth-order valence-electron chi connectivity index (χ4n) is 5.47. The second-order valence-electron chi connectivity index (χ2n) is 9.91. The summed E-state index contributed by atoms with van der Waals surface area (Å²) < 4.78 is 0. The van der Waals surface area contributed by atoms with E-state index < -0.39 is 0 Å². The Hall–Kier alpha value is -2.32. The van der Waals surface area contributed by atoms with E-state index in [4.69, 9.17) is 26.6 Å². The quantitative estimate of drug-likeness (QED) is 0.308. The van der Waals surface area contributed by atoms with Gasteiger partial charge < -0.3 is 20.9 Å². The zero-order valence-electron chi connectivity index (χ0n) is 22.2. The van der Waals surface area contributed by atoms with Gasteiger partial charge in [-0.05, 0) is 70.8 Å². The average Bonchev–Trinajstić information content (AvgIpc) is 3.19. The van der Waals surface area contributed by atoms with Crippen LogP contribution in [0.25, 0.3) is 0 Å². The molecule has 9 heteroatoms. The summed E-state index contributed by atoms with van der Waals surface area (Å²) in [6, 6.07) is 6.97. The topological polar surface area (TPSA) is 81.2 Å². The minimum atomic E-state index is 0.406.